The van der Waals surface area contributed by atoms with E-state index in [1.165, 1.54) is 4.90 Å². The molecule has 1 amide bonds. The Morgan fingerprint density at radius 1 is 1.39 bits per heavy atom. The topological polar surface area (TPSA) is 70.5 Å². The molecule has 23 heavy (non-hydrogen) atoms. The molecule has 120 valence electrons. The van der Waals surface area contributed by atoms with E-state index in [1.807, 2.05) is 24.4 Å². The Morgan fingerprint density at radius 2 is 2.13 bits per heavy atom. The highest BCUT2D eigenvalue weighted by Crippen LogP contribution is 2.31. The van der Waals surface area contributed by atoms with E-state index in [2.05, 4.69) is 4.98 Å². The average Bonchev–Trinajstić information content (AvgIpc) is 3.27. The summed E-state index contributed by atoms with van der Waals surface area (Å²) >= 11 is 1.56. The minimum Gasteiger partial charge on any atom is -0.480 e. The van der Waals surface area contributed by atoms with Crippen molar-refractivity contribution in [2.45, 2.75) is 38.8 Å². The number of amides is 1. The molecule has 0 aliphatic heterocycles. The van der Waals surface area contributed by atoms with Gasteiger partial charge in [0.05, 0.1) is 10.7 Å². The van der Waals surface area contributed by atoms with Crippen molar-refractivity contribution >= 4 is 23.2 Å². The summed E-state index contributed by atoms with van der Waals surface area (Å²) in [5.41, 5.74) is 2.22. The number of hydrogen-bond acceptors (Lipinski definition) is 4. The van der Waals surface area contributed by atoms with Gasteiger partial charge >= 0.3 is 5.97 Å². The summed E-state index contributed by atoms with van der Waals surface area (Å²) in [5.74, 6) is -1.20. The van der Waals surface area contributed by atoms with Crippen LogP contribution in [-0.2, 0) is 4.79 Å². The number of aliphatic carboxylic acids is 1. The molecule has 0 bridgehead atoms. The molecule has 5 nitrogen and oxygen atoms in total. The number of hydrogen-bond donors (Lipinski definition) is 1. The molecule has 1 aliphatic rings. The maximum absolute atomic E-state index is 12.8. The number of benzene rings is 1. The second kappa shape index (κ2) is 6.12. The first-order valence-corrected chi connectivity index (χ1v) is 8.43. The first-order valence-electron chi connectivity index (χ1n) is 7.55. The third-order valence-corrected chi connectivity index (χ3v) is 4.75. The molecule has 1 saturated carbocycles. The van der Waals surface area contributed by atoms with Gasteiger partial charge in [-0.2, -0.15) is 0 Å². The summed E-state index contributed by atoms with van der Waals surface area (Å²) < 4.78 is 0. The Bertz CT molecular complexity index is 752. The minimum atomic E-state index is -0.975. The van der Waals surface area contributed by atoms with E-state index in [4.69, 9.17) is 0 Å². The first-order chi connectivity index (χ1) is 11.0. The second-order valence-electron chi connectivity index (χ2n) is 5.79. The van der Waals surface area contributed by atoms with Crippen LogP contribution in [0.15, 0.2) is 29.6 Å². The molecule has 2 aromatic rings. The van der Waals surface area contributed by atoms with Crippen LogP contribution >= 0.6 is 11.3 Å². The molecular weight excluding hydrogens is 312 g/mol. The SMILES string of the molecule is Cc1nc(-c2cccc(C(=O)N(C3CC3)C(C)C(=O)O)c2)cs1. The third-order valence-electron chi connectivity index (χ3n) is 3.97. The number of carboxylic acid groups (broad SMARTS) is 1. The van der Waals surface area contributed by atoms with Gasteiger partial charge in [0.25, 0.3) is 5.91 Å². The van der Waals surface area contributed by atoms with Crippen molar-refractivity contribution < 1.29 is 14.7 Å². The van der Waals surface area contributed by atoms with Crippen LogP contribution in [0.3, 0.4) is 0 Å². The van der Waals surface area contributed by atoms with Gasteiger partial charge in [0.15, 0.2) is 0 Å². The lowest BCUT2D eigenvalue weighted by atomic mass is 10.1. The van der Waals surface area contributed by atoms with Gasteiger partial charge in [-0.25, -0.2) is 9.78 Å². The van der Waals surface area contributed by atoms with Crippen molar-refractivity contribution in [2.24, 2.45) is 0 Å². The van der Waals surface area contributed by atoms with E-state index >= 15 is 0 Å². The molecule has 1 aromatic carbocycles. The maximum atomic E-state index is 12.8. The predicted molar refractivity (Wildman–Crippen MR) is 88.6 cm³/mol. The molecule has 6 heteroatoms. The fourth-order valence-corrected chi connectivity index (χ4v) is 3.21. The fraction of sp³-hybridized carbons (Fsp3) is 0.353. The number of nitrogens with zero attached hydrogens (tertiary/aromatic N) is 2. The Balaban J connectivity index is 1.91. The van der Waals surface area contributed by atoms with Crippen molar-refractivity contribution in [1.82, 2.24) is 9.88 Å². The van der Waals surface area contributed by atoms with Crippen LogP contribution in [0.2, 0.25) is 0 Å². The fourth-order valence-electron chi connectivity index (χ4n) is 2.59. The van der Waals surface area contributed by atoms with Crippen LogP contribution in [0.1, 0.15) is 35.1 Å². The summed E-state index contributed by atoms with van der Waals surface area (Å²) in [6.45, 7) is 3.50. The van der Waals surface area contributed by atoms with Crippen molar-refractivity contribution in [3.63, 3.8) is 0 Å². The summed E-state index contributed by atoms with van der Waals surface area (Å²) in [7, 11) is 0. The zero-order valence-corrected chi connectivity index (χ0v) is 13.8. The van der Waals surface area contributed by atoms with Crippen molar-refractivity contribution in [2.75, 3.05) is 0 Å². The second-order valence-corrected chi connectivity index (χ2v) is 6.85. The summed E-state index contributed by atoms with van der Waals surface area (Å²) in [6, 6.07) is 6.47. The highest BCUT2D eigenvalue weighted by Gasteiger charge is 2.38. The molecule has 1 aliphatic carbocycles. The number of aryl methyl sites for hydroxylation is 1. The normalized spacial score (nSPS) is 15.2. The van der Waals surface area contributed by atoms with Crippen LogP contribution in [0.5, 0.6) is 0 Å². The lowest BCUT2D eigenvalue weighted by Gasteiger charge is -2.26. The van der Waals surface area contributed by atoms with Gasteiger partial charge in [-0.15, -0.1) is 11.3 Å². The Morgan fingerprint density at radius 3 is 2.70 bits per heavy atom. The van der Waals surface area contributed by atoms with Gasteiger partial charge in [0.2, 0.25) is 0 Å². The lowest BCUT2D eigenvalue weighted by Crippen LogP contribution is -2.44. The summed E-state index contributed by atoms with van der Waals surface area (Å²) in [4.78, 5) is 30.0. The van der Waals surface area contributed by atoms with Gasteiger partial charge < -0.3 is 10.0 Å². The quantitative estimate of drug-likeness (QED) is 0.914. The van der Waals surface area contributed by atoms with Crippen LogP contribution in [0.25, 0.3) is 11.3 Å². The minimum absolute atomic E-state index is 0.0405. The first kappa shape index (κ1) is 15.7. The molecule has 0 saturated heterocycles. The Kier molecular flexibility index (Phi) is 4.17. The smallest absolute Gasteiger partial charge is 0.326 e. The van der Waals surface area contributed by atoms with Crippen LogP contribution in [0, 0.1) is 6.92 Å². The van der Waals surface area contributed by atoms with Crippen LogP contribution in [0.4, 0.5) is 0 Å². The van der Waals surface area contributed by atoms with Crippen molar-refractivity contribution in [3.8, 4) is 11.3 Å². The largest absolute Gasteiger partial charge is 0.480 e. The van der Waals surface area contributed by atoms with Crippen LogP contribution in [-0.4, -0.2) is 39.0 Å². The van der Waals surface area contributed by atoms with E-state index in [1.54, 1.807) is 30.4 Å². The summed E-state index contributed by atoms with van der Waals surface area (Å²) in [6.07, 6.45) is 1.74. The van der Waals surface area contributed by atoms with Gasteiger partial charge in [0, 0.05) is 22.5 Å². The average molecular weight is 330 g/mol. The van der Waals surface area contributed by atoms with Crippen molar-refractivity contribution in [1.29, 1.82) is 0 Å². The highest BCUT2D eigenvalue weighted by atomic mass is 32.1. The van der Waals surface area contributed by atoms with Gasteiger partial charge in [-0.05, 0) is 38.8 Å². The predicted octanol–water partition coefficient (Wildman–Crippen LogP) is 3.20. The highest BCUT2D eigenvalue weighted by molar-refractivity contribution is 7.09. The maximum Gasteiger partial charge on any atom is 0.326 e. The molecule has 1 fully saturated rings. The Hall–Kier alpha value is -2.21. The number of carbonyl (C=O) groups is 2. The van der Waals surface area contributed by atoms with Crippen molar-refractivity contribution in [3.05, 3.63) is 40.2 Å². The molecule has 0 spiro atoms. The molecule has 1 unspecified atom stereocenters. The van der Waals surface area contributed by atoms with Crippen LogP contribution < -0.4 is 0 Å². The van der Waals surface area contributed by atoms with E-state index in [0.717, 1.165) is 29.1 Å². The summed E-state index contributed by atoms with van der Waals surface area (Å²) in [5, 5.41) is 12.2. The van der Waals surface area contributed by atoms with E-state index in [9.17, 15) is 14.7 Å². The molecule has 1 heterocycles. The van der Waals surface area contributed by atoms with Gasteiger partial charge in [-0.3, -0.25) is 4.79 Å². The number of thiazole rings is 1. The monoisotopic (exact) mass is 330 g/mol. The third kappa shape index (κ3) is 3.27. The van der Waals surface area contributed by atoms with Gasteiger partial charge in [0.1, 0.15) is 6.04 Å². The number of rotatable bonds is 5. The number of carboxylic acids is 1. The zero-order valence-electron chi connectivity index (χ0n) is 13.0. The molecule has 0 radical (unpaired) electrons. The number of carbonyl (C=O) groups excluding carboxylic acids is 1. The zero-order chi connectivity index (χ0) is 16.6. The van der Waals surface area contributed by atoms with E-state index in [0.29, 0.717) is 5.56 Å². The molecule has 1 atom stereocenters. The standard InChI is InChI=1S/C17H18N2O3S/c1-10(17(21)22)19(14-6-7-14)16(20)13-5-3-4-12(8-13)15-9-23-11(2)18-15/h3-5,8-10,14H,6-7H2,1-2H3,(H,21,22). The van der Waals surface area contributed by atoms with E-state index < -0.39 is 12.0 Å². The molecule has 3 rings (SSSR count). The number of aromatic nitrogens is 1. The molecule has 1 N–H and O–H groups in total. The van der Waals surface area contributed by atoms with E-state index in [-0.39, 0.29) is 11.9 Å². The lowest BCUT2D eigenvalue weighted by molar-refractivity contribution is -0.141. The molecular formula is C17H18N2O3S. The van der Waals surface area contributed by atoms with Gasteiger partial charge in [-0.1, -0.05) is 12.1 Å². The molecule has 1 aromatic heterocycles. The Labute approximate surface area is 138 Å².